The normalized spacial score (nSPS) is 13.5. The second-order valence-corrected chi connectivity index (χ2v) is 9.40. The van der Waals surface area contributed by atoms with Gasteiger partial charge in [-0.05, 0) is 41.3 Å². The number of benzene rings is 3. The zero-order chi connectivity index (χ0) is 22.2. The maximum Gasteiger partial charge on any atom is 0.154 e. The van der Waals surface area contributed by atoms with E-state index in [9.17, 15) is 0 Å². The van der Waals surface area contributed by atoms with Gasteiger partial charge in [0.2, 0.25) is 0 Å². The van der Waals surface area contributed by atoms with Crippen LogP contribution < -0.4 is 10.3 Å². The van der Waals surface area contributed by atoms with Crippen LogP contribution in [0.5, 0.6) is 0 Å². The summed E-state index contributed by atoms with van der Waals surface area (Å²) in [4.78, 5) is 6.96. The van der Waals surface area contributed by atoms with E-state index in [-0.39, 0.29) is 5.41 Å². The number of fused-ring (bicyclic) bond motifs is 1. The maximum atomic E-state index is 6.33. The molecule has 0 spiro atoms. The van der Waals surface area contributed by atoms with Gasteiger partial charge in [-0.3, -0.25) is 5.43 Å². The SMILES string of the molecule is CN(C)c1ccc(C2=NNC(c3ccc(C(C)(C)C)cc3)=Nc3ccc(Cl)cc32)cc1. The van der Waals surface area contributed by atoms with E-state index in [2.05, 4.69) is 79.6 Å². The van der Waals surface area contributed by atoms with Crippen LogP contribution in [0.3, 0.4) is 0 Å². The highest BCUT2D eigenvalue weighted by molar-refractivity contribution is 6.31. The van der Waals surface area contributed by atoms with Crippen LogP contribution in [-0.4, -0.2) is 25.6 Å². The number of nitrogens with zero attached hydrogens (tertiary/aromatic N) is 3. The van der Waals surface area contributed by atoms with E-state index in [1.165, 1.54) is 5.56 Å². The Morgan fingerprint density at radius 3 is 2.10 bits per heavy atom. The van der Waals surface area contributed by atoms with Gasteiger partial charge < -0.3 is 4.90 Å². The van der Waals surface area contributed by atoms with E-state index in [1.807, 2.05) is 32.3 Å². The first-order chi connectivity index (χ1) is 14.7. The fraction of sp³-hybridized carbons (Fsp3) is 0.231. The molecule has 3 aromatic carbocycles. The van der Waals surface area contributed by atoms with Crippen LogP contribution in [-0.2, 0) is 5.41 Å². The molecule has 5 heteroatoms. The van der Waals surface area contributed by atoms with Gasteiger partial charge in [-0.25, -0.2) is 4.99 Å². The molecule has 31 heavy (non-hydrogen) atoms. The summed E-state index contributed by atoms with van der Waals surface area (Å²) in [6.45, 7) is 6.63. The monoisotopic (exact) mass is 430 g/mol. The van der Waals surface area contributed by atoms with Crippen LogP contribution in [0.4, 0.5) is 11.4 Å². The van der Waals surface area contributed by atoms with Crippen molar-refractivity contribution >= 4 is 34.5 Å². The van der Waals surface area contributed by atoms with Gasteiger partial charge in [-0.1, -0.05) is 68.8 Å². The fourth-order valence-electron chi connectivity index (χ4n) is 3.50. The lowest BCUT2D eigenvalue weighted by Crippen LogP contribution is -2.20. The van der Waals surface area contributed by atoms with Gasteiger partial charge in [0.05, 0.1) is 5.69 Å². The Bertz CT molecular complexity index is 1150. The van der Waals surface area contributed by atoms with Gasteiger partial charge in [0.1, 0.15) is 5.71 Å². The van der Waals surface area contributed by atoms with Crippen molar-refractivity contribution in [3.8, 4) is 0 Å². The number of nitrogens with one attached hydrogen (secondary N) is 1. The molecular formula is C26H27ClN4. The summed E-state index contributed by atoms with van der Waals surface area (Å²) in [7, 11) is 4.06. The third kappa shape index (κ3) is 4.49. The number of aliphatic imine (C=N–C) groups is 1. The van der Waals surface area contributed by atoms with E-state index in [0.29, 0.717) is 10.9 Å². The molecule has 1 aliphatic rings. The van der Waals surface area contributed by atoms with Crippen molar-refractivity contribution < 1.29 is 0 Å². The molecule has 4 nitrogen and oxygen atoms in total. The van der Waals surface area contributed by atoms with Gasteiger partial charge in [-0.15, -0.1) is 0 Å². The fourth-order valence-corrected chi connectivity index (χ4v) is 3.68. The molecule has 0 fully saturated rings. The Morgan fingerprint density at radius 2 is 1.48 bits per heavy atom. The van der Waals surface area contributed by atoms with Crippen LogP contribution in [0, 0.1) is 0 Å². The molecule has 1 heterocycles. The predicted molar refractivity (Wildman–Crippen MR) is 132 cm³/mol. The first kappa shape index (κ1) is 21.1. The van der Waals surface area contributed by atoms with Crippen molar-refractivity contribution in [3.63, 3.8) is 0 Å². The zero-order valence-electron chi connectivity index (χ0n) is 18.6. The number of hydrazone groups is 1. The van der Waals surface area contributed by atoms with Gasteiger partial charge in [0.15, 0.2) is 5.84 Å². The third-order valence-electron chi connectivity index (χ3n) is 5.40. The number of hydrogen-bond donors (Lipinski definition) is 1. The number of rotatable bonds is 3. The van der Waals surface area contributed by atoms with Gasteiger partial charge >= 0.3 is 0 Å². The third-order valence-corrected chi connectivity index (χ3v) is 5.64. The summed E-state index contributed by atoms with van der Waals surface area (Å²) in [5.74, 6) is 0.712. The van der Waals surface area contributed by atoms with Crippen molar-refractivity contribution in [3.05, 3.63) is 94.0 Å². The molecule has 0 aliphatic carbocycles. The molecule has 0 amide bonds. The van der Waals surface area contributed by atoms with E-state index in [4.69, 9.17) is 21.7 Å². The van der Waals surface area contributed by atoms with E-state index < -0.39 is 0 Å². The van der Waals surface area contributed by atoms with Crippen LogP contribution in [0.15, 0.2) is 76.8 Å². The van der Waals surface area contributed by atoms with Crippen LogP contribution in [0.1, 0.15) is 43.0 Å². The Hall–Kier alpha value is -3.11. The quantitative estimate of drug-likeness (QED) is 0.542. The van der Waals surface area contributed by atoms with Gasteiger partial charge in [0, 0.05) is 41.5 Å². The summed E-state index contributed by atoms with van der Waals surface area (Å²) in [5.41, 5.74) is 10.2. The molecule has 158 valence electrons. The minimum absolute atomic E-state index is 0.102. The summed E-state index contributed by atoms with van der Waals surface area (Å²) in [6, 6.07) is 22.5. The molecule has 3 aromatic rings. The Morgan fingerprint density at radius 1 is 0.839 bits per heavy atom. The first-order valence-corrected chi connectivity index (χ1v) is 10.7. The molecule has 0 bridgehead atoms. The number of hydrogen-bond acceptors (Lipinski definition) is 4. The van der Waals surface area contributed by atoms with Crippen molar-refractivity contribution in [2.45, 2.75) is 26.2 Å². The highest BCUT2D eigenvalue weighted by atomic mass is 35.5. The largest absolute Gasteiger partial charge is 0.378 e. The molecular weight excluding hydrogens is 404 g/mol. The predicted octanol–water partition coefficient (Wildman–Crippen LogP) is 6.14. The minimum Gasteiger partial charge on any atom is -0.378 e. The molecule has 0 saturated carbocycles. The summed E-state index contributed by atoms with van der Waals surface area (Å²) in [5, 5.41) is 5.40. The molecule has 0 radical (unpaired) electrons. The first-order valence-electron chi connectivity index (χ1n) is 10.3. The lowest BCUT2D eigenvalue weighted by atomic mass is 9.86. The van der Waals surface area contributed by atoms with Crippen molar-refractivity contribution in [1.29, 1.82) is 0 Å². The lowest BCUT2D eigenvalue weighted by Gasteiger charge is -2.19. The molecule has 0 aromatic heterocycles. The number of anilines is 1. The Kier molecular flexibility index (Phi) is 5.59. The highest BCUT2D eigenvalue weighted by Gasteiger charge is 2.19. The van der Waals surface area contributed by atoms with Crippen molar-refractivity contribution in [2.75, 3.05) is 19.0 Å². The van der Waals surface area contributed by atoms with E-state index in [1.54, 1.807) is 0 Å². The Balaban J connectivity index is 1.77. The van der Waals surface area contributed by atoms with Gasteiger partial charge in [-0.2, -0.15) is 5.10 Å². The van der Waals surface area contributed by atoms with Crippen LogP contribution >= 0.6 is 11.6 Å². The zero-order valence-corrected chi connectivity index (χ0v) is 19.3. The van der Waals surface area contributed by atoms with Crippen molar-refractivity contribution in [1.82, 2.24) is 5.43 Å². The molecule has 0 unspecified atom stereocenters. The van der Waals surface area contributed by atoms with Gasteiger partial charge in [0.25, 0.3) is 0 Å². The molecule has 1 N–H and O–H groups in total. The topological polar surface area (TPSA) is 40.0 Å². The number of amidine groups is 1. The summed E-state index contributed by atoms with van der Waals surface area (Å²) >= 11 is 6.33. The lowest BCUT2D eigenvalue weighted by molar-refractivity contribution is 0.590. The molecule has 0 saturated heterocycles. The standard InChI is InChI=1S/C26H27ClN4/c1-26(2,3)19-10-6-18(7-11-19)25-28-23-15-12-20(27)16-22(23)24(29-30-25)17-8-13-21(14-9-17)31(4)5/h6-16H,1-5H3,(H,28,30). The maximum absolute atomic E-state index is 6.33. The minimum atomic E-state index is 0.102. The number of halogens is 1. The molecule has 4 rings (SSSR count). The van der Waals surface area contributed by atoms with Crippen LogP contribution in [0.2, 0.25) is 5.02 Å². The van der Waals surface area contributed by atoms with Crippen LogP contribution in [0.25, 0.3) is 0 Å². The van der Waals surface area contributed by atoms with E-state index in [0.717, 1.165) is 33.8 Å². The second-order valence-electron chi connectivity index (χ2n) is 8.96. The average Bonchev–Trinajstić information content (AvgIpc) is 2.93. The van der Waals surface area contributed by atoms with E-state index >= 15 is 0 Å². The van der Waals surface area contributed by atoms with Crippen molar-refractivity contribution in [2.24, 2.45) is 10.1 Å². The summed E-state index contributed by atoms with van der Waals surface area (Å²) < 4.78 is 0. The molecule has 0 atom stereocenters. The Labute approximate surface area is 189 Å². The average molecular weight is 431 g/mol. The second kappa shape index (κ2) is 8.20. The highest BCUT2D eigenvalue weighted by Crippen LogP contribution is 2.29. The smallest absolute Gasteiger partial charge is 0.154 e. The molecule has 1 aliphatic heterocycles. The summed E-state index contributed by atoms with van der Waals surface area (Å²) in [6.07, 6.45) is 0.